The van der Waals surface area contributed by atoms with Crippen molar-refractivity contribution in [3.63, 3.8) is 0 Å². The highest BCUT2D eigenvalue weighted by atomic mass is 16.8. The summed E-state index contributed by atoms with van der Waals surface area (Å²) < 4.78 is 22.6. The Bertz CT molecular complexity index is 1770. The number of hydrogen-bond donors (Lipinski definition) is 1. The van der Waals surface area contributed by atoms with Crippen LogP contribution in [0.25, 0.3) is 11.0 Å². The minimum atomic E-state index is -1.46. The van der Waals surface area contributed by atoms with E-state index in [1.807, 2.05) is 6.92 Å². The molecule has 2 atom stereocenters. The van der Waals surface area contributed by atoms with Crippen molar-refractivity contribution >= 4 is 28.7 Å². The summed E-state index contributed by atoms with van der Waals surface area (Å²) in [5.74, 6) is -0.468. The second kappa shape index (κ2) is 8.32. The number of rotatable bonds is 4. The number of nitriles is 1. The standard InChI is InChI=1S/C30H26N4O8/c1-29(13-39-14-29)32-26(35)16-6-7-20-23(8-16)41-25-24(20)40-15-30(33(27(25)36)18-9-19(10-18)38-2)28(37)34(30)12-21-17(11-31)4-3-5-22(21)42-34/h3-8,18-19H,9-10,12-15H2,1-2H3/p+1. The normalized spacial score (nSPS) is 30.0. The number of hydroxylamine groups is 3. The quantitative estimate of drug-likeness (QED) is 0.369. The van der Waals surface area contributed by atoms with Gasteiger partial charge in [-0.15, -0.1) is 0 Å². The Morgan fingerprint density at radius 3 is 2.71 bits per heavy atom. The Morgan fingerprint density at radius 2 is 2.00 bits per heavy atom. The lowest BCUT2D eigenvalue weighted by Crippen LogP contribution is -2.61. The topological polar surface area (TPSA) is 140 Å². The zero-order chi connectivity index (χ0) is 29.0. The smallest absolute Gasteiger partial charge is 0.449 e. The summed E-state index contributed by atoms with van der Waals surface area (Å²) in [6, 6.07) is 11.9. The van der Waals surface area contributed by atoms with Gasteiger partial charge in [0.25, 0.3) is 11.8 Å². The van der Waals surface area contributed by atoms with Crippen molar-refractivity contribution < 1.29 is 42.5 Å². The lowest BCUT2D eigenvalue weighted by molar-refractivity contribution is -0.975. The number of methoxy groups -OCH3 is 1. The van der Waals surface area contributed by atoms with Gasteiger partial charge in [-0.3, -0.25) is 14.5 Å². The second-order valence-corrected chi connectivity index (χ2v) is 11.9. The summed E-state index contributed by atoms with van der Waals surface area (Å²) in [7, 11) is 1.62. The molecule has 2 unspecified atom stereocenters. The number of ether oxygens (including phenoxy) is 3. The molecule has 12 nitrogen and oxygen atoms in total. The number of nitrogens with one attached hydrogen (secondary N) is 1. The maximum atomic E-state index is 14.4. The predicted octanol–water partition coefficient (Wildman–Crippen LogP) is 2.40. The van der Waals surface area contributed by atoms with Crippen LogP contribution >= 0.6 is 0 Å². The molecule has 42 heavy (non-hydrogen) atoms. The van der Waals surface area contributed by atoms with Crippen LogP contribution in [0, 0.1) is 11.3 Å². The van der Waals surface area contributed by atoms with Crippen LogP contribution in [0.5, 0.6) is 11.5 Å². The molecule has 5 aliphatic rings. The van der Waals surface area contributed by atoms with E-state index in [4.69, 9.17) is 23.5 Å². The average molecular weight is 572 g/mol. The van der Waals surface area contributed by atoms with Gasteiger partial charge >= 0.3 is 11.6 Å². The average Bonchev–Trinajstić information content (AvgIpc) is 3.25. The van der Waals surface area contributed by atoms with Crippen LogP contribution in [0.3, 0.4) is 0 Å². The minimum Gasteiger partial charge on any atom is -0.479 e. The van der Waals surface area contributed by atoms with Crippen molar-refractivity contribution in [2.45, 2.75) is 49.7 Å². The lowest BCUT2D eigenvalue weighted by atomic mass is 9.86. The van der Waals surface area contributed by atoms with E-state index < -0.39 is 21.8 Å². The molecular weight excluding hydrogens is 544 g/mol. The fourth-order valence-corrected chi connectivity index (χ4v) is 6.75. The number of benzene rings is 2. The fraction of sp³-hybridized carbons (Fsp3) is 0.400. The molecule has 2 saturated heterocycles. The molecule has 4 aliphatic heterocycles. The number of carbonyl (C=O) groups is 3. The summed E-state index contributed by atoms with van der Waals surface area (Å²) in [5.41, 5.74) is -0.139. The molecule has 0 radical (unpaired) electrons. The van der Waals surface area contributed by atoms with Crippen LogP contribution in [0.15, 0.2) is 40.8 Å². The number of amides is 3. The van der Waals surface area contributed by atoms with Gasteiger partial charge in [0.2, 0.25) is 11.5 Å². The van der Waals surface area contributed by atoms with Crippen LogP contribution in [-0.4, -0.2) is 77.5 Å². The van der Waals surface area contributed by atoms with Gasteiger partial charge < -0.3 is 28.8 Å². The van der Waals surface area contributed by atoms with Crippen molar-refractivity contribution in [2.75, 3.05) is 26.9 Å². The Hall–Kier alpha value is -4.44. The molecule has 3 aromatic rings. The van der Waals surface area contributed by atoms with E-state index in [9.17, 15) is 19.6 Å². The Kier molecular flexibility index (Phi) is 5.01. The highest BCUT2D eigenvalue weighted by Crippen LogP contribution is 2.58. The third kappa shape index (κ3) is 3.13. The van der Waals surface area contributed by atoms with Crippen molar-refractivity contribution in [1.29, 1.82) is 5.26 Å². The van der Waals surface area contributed by atoms with Gasteiger partial charge in [0, 0.05) is 18.7 Å². The predicted molar refractivity (Wildman–Crippen MR) is 142 cm³/mol. The Morgan fingerprint density at radius 1 is 1.19 bits per heavy atom. The molecule has 1 N–H and O–H groups in total. The third-order valence-electron chi connectivity index (χ3n) is 9.27. The van der Waals surface area contributed by atoms with Gasteiger partial charge in [0.05, 0.1) is 47.4 Å². The molecular formula is C30H27N4O8+. The van der Waals surface area contributed by atoms with Gasteiger partial charge in [-0.05, 0) is 54.7 Å². The summed E-state index contributed by atoms with van der Waals surface area (Å²) in [6.07, 6.45) is 1.03. The number of furan rings is 1. The molecule has 2 spiro atoms. The van der Waals surface area contributed by atoms with Crippen LogP contribution in [0.1, 0.15) is 51.8 Å². The van der Waals surface area contributed by atoms with Gasteiger partial charge in [0.1, 0.15) is 5.58 Å². The van der Waals surface area contributed by atoms with Gasteiger partial charge in [0.15, 0.2) is 18.9 Å². The van der Waals surface area contributed by atoms with Crippen LogP contribution in [-0.2, 0) is 20.8 Å². The minimum absolute atomic E-state index is 0.0353. The zero-order valence-corrected chi connectivity index (χ0v) is 23.0. The first-order chi connectivity index (χ1) is 20.2. The van der Waals surface area contributed by atoms with Crippen molar-refractivity contribution in [2.24, 2.45) is 0 Å². The molecule has 8 rings (SSSR count). The zero-order valence-electron chi connectivity index (χ0n) is 23.0. The molecule has 3 amide bonds. The first-order valence-electron chi connectivity index (χ1n) is 13.8. The van der Waals surface area contributed by atoms with E-state index in [1.165, 1.54) is 0 Å². The van der Waals surface area contributed by atoms with E-state index in [-0.39, 0.29) is 48.6 Å². The summed E-state index contributed by atoms with van der Waals surface area (Å²) in [6.45, 7) is 2.73. The van der Waals surface area contributed by atoms with Crippen LogP contribution in [0.4, 0.5) is 0 Å². The highest BCUT2D eigenvalue weighted by molar-refractivity contribution is 6.07. The Balaban J connectivity index is 1.18. The van der Waals surface area contributed by atoms with E-state index in [0.29, 0.717) is 59.5 Å². The molecule has 5 heterocycles. The van der Waals surface area contributed by atoms with Crippen molar-refractivity contribution in [3.8, 4) is 17.6 Å². The van der Waals surface area contributed by atoms with Crippen molar-refractivity contribution in [3.05, 3.63) is 58.8 Å². The number of hydrogen-bond acceptors (Lipinski definition) is 9. The molecule has 1 saturated carbocycles. The number of fused-ring (bicyclic) bond motifs is 5. The highest BCUT2D eigenvalue weighted by Gasteiger charge is 2.93. The molecule has 214 valence electrons. The summed E-state index contributed by atoms with van der Waals surface area (Å²) in [5, 5.41) is 13.2. The fourth-order valence-electron chi connectivity index (χ4n) is 6.75. The second-order valence-electron chi connectivity index (χ2n) is 11.9. The number of quaternary nitrogens is 1. The number of carbonyl (C=O) groups excluding carboxylic acids is 3. The molecule has 1 aromatic heterocycles. The monoisotopic (exact) mass is 571 g/mol. The lowest BCUT2D eigenvalue weighted by Gasteiger charge is -2.42. The number of nitrogens with zero attached hydrogens (tertiary/aromatic N) is 3. The first kappa shape index (κ1) is 25.3. The molecule has 3 fully saturated rings. The molecule has 12 heteroatoms. The third-order valence-corrected chi connectivity index (χ3v) is 9.27. The largest absolute Gasteiger partial charge is 0.479 e. The van der Waals surface area contributed by atoms with Crippen LogP contribution in [0.2, 0.25) is 0 Å². The summed E-state index contributed by atoms with van der Waals surface area (Å²) in [4.78, 5) is 49.1. The van der Waals surface area contributed by atoms with E-state index in [1.54, 1.807) is 48.4 Å². The first-order valence-corrected chi connectivity index (χ1v) is 13.8. The Labute approximate surface area is 239 Å². The molecule has 2 aromatic carbocycles. The van der Waals surface area contributed by atoms with Gasteiger partial charge in [-0.25, -0.2) is 4.79 Å². The molecule has 0 bridgehead atoms. The maximum absolute atomic E-state index is 14.4. The van der Waals surface area contributed by atoms with E-state index in [0.717, 1.165) is 0 Å². The van der Waals surface area contributed by atoms with Crippen LogP contribution < -0.4 is 14.9 Å². The van der Waals surface area contributed by atoms with Gasteiger partial charge in [-0.1, -0.05) is 6.07 Å². The van der Waals surface area contributed by atoms with Crippen molar-refractivity contribution in [1.82, 2.24) is 10.2 Å². The van der Waals surface area contributed by atoms with E-state index >= 15 is 0 Å². The van der Waals surface area contributed by atoms with Gasteiger partial charge in [-0.2, -0.15) is 5.26 Å². The summed E-state index contributed by atoms with van der Waals surface area (Å²) >= 11 is 0. The maximum Gasteiger partial charge on any atom is 0.449 e. The van der Waals surface area contributed by atoms with E-state index in [2.05, 4.69) is 11.4 Å². The SMILES string of the molecule is COC1CC(N2C(=O)c3oc4cc(C(=O)NC5(C)COC5)ccc4c3OCC23C(=O)[N+]32Cc3c(C#N)cccc3O2)C1. The molecule has 1 aliphatic carbocycles.